The van der Waals surface area contributed by atoms with Crippen LogP contribution in [0.15, 0.2) is 139 Å². The van der Waals surface area contributed by atoms with E-state index in [0.717, 1.165) is 39.3 Å². The Morgan fingerprint density at radius 3 is 1.19 bits per heavy atom. The Hall–Kier alpha value is -4.10. The molecule has 0 unspecified atom stereocenters. The molecular weight excluding hydrogens is 374 g/mol. The molecule has 0 heterocycles. The zero-order valence-corrected chi connectivity index (χ0v) is 17.1. The van der Waals surface area contributed by atoms with Gasteiger partial charge in [0, 0.05) is 17.1 Å². The van der Waals surface area contributed by atoms with E-state index in [2.05, 4.69) is 65.6 Å². The molecule has 5 aromatic rings. The van der Waals surface area contributed by atoms with E-state index in [1.165, 1.54) is 0 Å². The lowest BCUT2D eigenvalue weighted by atomic mass is 10.0. The number of benzene rings is 5. The smallest absolute Gasteiger partial charge is 0.0623 e. The maximum atomic E-state index is 7.89. The van der Waals surface area contributed by atoms with Crippen LogP contribution < -0.4 is 4.90 Å². The van der Waals surface area contributed by atoms with Crippen molar-refractivity contribution in [1.82, 2.24) is 0 Å². The lowest BCUT2D eigenvalue weighted by molar-refractivity contribution is 1.28. The Kier molecular flexibility index (Phi) is 4.69. The van der Waals surface area contributed by atoms with Gasteiger partial charge in [0.25, 0.3) is 0 Å². The Morgan fingerprint density at radius 2 is 0.742 bits per heavy atom. The number of nitrogens with zero attached hydrogens (tertiary/aromatic N) is 1. The first kappa shape index (κ1) is 16.7. The average Bonchev–Trinajstić information content (AvgIpc) is 2.86. The van der Waals surface area contributed by atoms with E-state index in [1.807, 2.05) is 54.6 Å². The Morgan fingerprint density at radius 1 is 0.355 bits per heavy atom. The quantitative estimate of drug-likeness (QED) is 0.285. The molecule has 0 saturated heterocycles. The lowest BCUT2D eigenvalue weighted by Gasteiger charge is -2.26. The maximum Gasteiger partial charge on any atom is 0.0623 e. The highest BCUT2D eigenvalue weighted by Crippen LogP contribution is 2.36. The average molecular weight is 402 g/mol. The molecule has 0 aromatic heterocycles. The van der Waals surface area contributed by atoms with E-state index in [9.17, 15) is 0 Å². The van der Waals surface area contributed by atoms with Crippen molar-refractivity contribution in [2.24, 2.45) is 0 Å². The van der Waals surface area contributed by atoms with Crippen LogP contribution in [0.5, 0.6) is 0 Å². The van der Waals surface area contributed by atoms with Crippen molar-refractivity contribution in [3.8, 4) is 22.3 Å². The minimum absolute atomic E-state index is 0.513. The topological polar surface area (TPSA) is 3.24 Å². The minimum Gasteiger partial charge on any atom is -0.311 e. The molecule has 31 heavy (non-hydrogen) atoms. The van der Waals surface area contributed by atoms with Gasteiger partial charge >= 0.3 is 0 Å². The lowest BCUT2D eigenvalue weighted by Crippen LogP contribution is -2.09. The summed E-state index contributed by atoms with van der Waals surface area (Å²) in [7, 11) is 0. The maximum absolute atomic E-state index is 7.89. The molecule has 0 fully saturated rings. The summed E-state index contributed by atoms with van der Waals surface area (Å²) in [4.78, 5) is 2.23. The van der Waals surface area contributed by atoms with Crippen LogP contribution in [0.3, 0.4) is 0 Å². The van der Waals surface area contributed by atoms with Gasteiger partial charge in [0.15, 0.2) is 0 Å². The van der Waals surface area contributed by atoms with Crippen molar-refractivity contribution in [3.63, 3.8) is 0 Å². The van der Waals surface area contributed by atoms with E-state index in [0.29, 0.717) is 12.1 Å². The van der Waals surface area contributed by atoms with Crippen molar-refractivity contribution in [2.45, 2.75) is 0 Å². The van der Waals surface area contributed by atoms with E-state index in [1.54, 1.807) is 12.1 Å². The molecule has 0 saturated carbocycles. The summed E-state index contributed by atoms with van der Waals surface area (Å²) in [6.45, 7) is 0. The largest absolute Gasteiger partial charge is 0.311 e. The van der Waals surface area contributed by atoms with Crippen LogP contribution >= 0.6 is 0 Å². The molecule has 0 spiro atoms. The van der Waals surface area contributed by atoms with Gasteiger partial charge in [-0.15, -0.1) is 0 Å². The molecular formula is C30H23N. The second kappa shape index (κ2) is 8.73. The molecule has 0 atom stereocenters. The summed E-state index contributed by atoms with van der Waals surface area (Å²) in [6.07, 6.45) is 0. The van der Waals surface area contributed by atoms with Crippen LogP contribution in [0, 0.1) is 0 Å². The van der Waals surface area contributed by atoms with Crippen molar-refractivity contribution in [3.05, 3.63) is 139 Å². The van der Waals surface area contributed by atoms with Crippen molar-refractivity contribution in [1.29, 1.82) is 0 Å². The summed E-state index contributed by atoms with van der Waals surface area (Å²) in [5.41, 5.74) is 7.47. The van der Waals surface area contributed by atoms with Crippen molar-refractivity contribution >= 4 is 17.1 Å². The normalized spacial score (nSPS) is 11.5. The van der Waals surface area contributed by atoms with Crippen LogP contribution in [0.4, 0.5) is 17.1 Å². The Bertz CT molecular complexity index is 1270. The first-order valence-electron chi connectivity index (χ1n) is 11.4. The molecule has 0 radical (unpaired) electrons. The van der Waals surface area contributed by atoms with Crippen LogP contribution in [0.25, 0.3) is 22.3 Å². The number of hydrogen-bond acceptors (Lipinski definition) is 1. The predicted molar refractivity (Wildman–Crippen MR) is 132 cm³/mol. The number of hydrogen-bond donors (Lipinski definition) is 0. The molecule has 0 amide bonds. The molecule has 148 valence electrons. The SMILES string of the molecule is [3H]c1cccc(-c2ccc(N(c3ccccc3)c3ccc(-c4cccc([3H])c4)cc3)cc2)c1. The molecule has 0 aliphatic heterocycles. The predicted octanol–water partition coefficient (Wildman–Crippen LogP) is 8.49. The first-order chi connectivity index (χ1) is 16.2. The zero-order chi connectivity index (χ0) is 22.6. The van der Waals surface area contributed by atoms with Gasteiger partial charge < -0.3 is 4.90 Å². The third-order valence-electron chi connectivity index (χ3n) is 5.35. The molecule has 1 nitrogen and oxygen atoms in total. The van der Waals surface area contributed by atoms with Gasteiger partial charge in [-0.2, -0.15) is 0 Å². The standard InChI is InChI=1S/C30H23N/c1-4-10-24(11-5-1)26-16-20-29(21-17-26)31(28-14-8-3-9-15-28)30-22-18-27(19-23-30)25-12-6-2-7-13-25/h1-23H/i4T,6T. The number of rotatable bonds is 5. The fraction of sp³-hybridized carbons (Fsp3) is 0. The summed E-state index contributed by atoms with van der Waals surface area (Å²) in [5.74, 6) is 0. The van der Waals surface area contributed by atoms with Gasteiger partial charge in [-0.3, -0.25) is 0 Å². The van der Waals surface area contributed by atoms with Gasteiger partial charge in [-0.1, -0.05) is 103 Å². The van der Waals surface area contributed by atoms with Gasteiger partial charge in [-0.25, -0.2) is 0 Å². The van der Waals surface area contributed by atoms with E-state index >= 15 is 0 Å². The van der Waals surface area contributed by atoms with Crippen molar-refractivity contribution in [2.75, 3.05) is 4.90 Å². The molecule has 0 bridgehead atoms. The Labute approximate surface area is 186 Å². The third-order valence-corrected chi connectivity index (χ3v) is 5.35. The highest BCUT2D eigenvalue weighted by atomic mass is 15.1. The molecule has 5 rings (SSSR count). The highest BCUT2D eigenvalue weighted by molar-refractivity contribution is 5.79. The zero-order valence-electron chi connectivity index (χ0n) is 19.1. The second-order valence-electron chi connectivity index (χ2n) is 7.35. The molecule has 1 heteroatoms. The Balaban J connectivity index is 1.52. The summed E-state index contributed by atoms with van der Waals surface area (Å²) < 4.78 is 15.8. The van der Waals surface area contributed by atoms with Gasteiger partial charge in [-0.05, 0) is 58.7 Å². The summed E-state index contributed by atoms with van der Waals surface area (Å²) in [6, 6.07) is 43.5. The molecule has 5 aromatic carbocycles. The third kappa shape index (κ3) is 4.12. The van der Waals surface area contributed by atoms with Gasteiger partial charge in [0.1, 0.15) is 0 Å². The van der Waals surface area contributed by atoms with Crippen LogP contribution in [-0.2, 0) is 0 Å². The van der Waals surface area contributed by atoms with E-state index in [4.69, 9.17) is 2.74 Å². The summed E-state index contributed by atoms with van der Waals surface area (Å²) in [5, 5.41) is 0. The van der Waals surface area contributed by atoms with Crippen LogP contribution in [-0.4, -0.2) is 0 Å². The first-order valence-corrected chi connectivity index (χ1v) is 10.4. The molecule has 0 aliphatic carbocycles. The molecule has 0 aliphatic rings. The number of para-hydroxylation sites is 1. The number of anilines is 3. The molecule has 0 N–H and O–H groups in total. The summed E-state index contributed by atoms with van der Waals surface area (Å²) >= 11 is 0. The highest BCUT2D eigenvalue weighted by Gasteiger charge is 2.12. The van der Waals surface area contributed by atoms with Crippen LogP contribution in [0.2, 0.25) is 0 Å². The van der Waals surface area contributed by atoms with E-state index < -0.39 is 0 Å². The van der Waals surface area contributed by atoms with Crippen LogP contribution in [0.1, 0.15) is 2.74 Å². The minimum atomic E-state index is 0.513. The van der Waals surface area contributed by atoms with E-state index in [-0.39, 0.29) is 0 Å². The fourth-order valence-corrected chi connectivity index (χ4v) is 3.78. The van der Waals surface area contributed by atoms with Gasteiger partial charge in [0.05, 0.1) is 2.74 Å². The fourth-order valence-electron chi connectivity index (χ4n) is 3.78. The monoisotopic (exact) mass is 401 g/mol. The van der Waals surface area contributed by atoms with Gasteiger partial charge in [0.2, 0.25) is 0 Å². The second-order valence-corrected chi connectivity index (χ2v) is 7.35. The van der Waals surface area contributed by atoms with Crippen molar-refractivity contribution < 1.29 is 2.74 Å².